The molecule has 0 saturated carbocycles. The predicted molar refractivity (Wildman–Crippen MR) is 116 cm³/mol. The molecule has 156 valence electrons. The largest absolute Gasteiger partial charge is 0.443 e. The van der Waals surface area contributed by atoms with Crippen molar-refractivity contribution in [2.45, 2.75) is 53.1 Å². The van der Waals surface area contributed by atoms with Crippen molar-refractivity contribution in [3.8, 4) is 0 Å². The van der Waals surface area contributed by atoms with Crippen LogP contribution in [0.4, 0.5) is 5.82 Å². The summed E-state index contributed by atoms with van der Waals surface area (Å²) in [7, 11) is 0. The Bertz CT molecular complexity index is 999. The third kappa shape index (κ3) is 4.44. The van der Waals surface area contributed by atoms with E-state index in [-0.39, 0.29) is 5.41 Å². The quantitative estimate of drug-likeness (QED) is 0.674. The molecule has 8 heteroatoms. The Morgan fingerprint density at radius 2 is 1.93 bits per heavy atom. The Hall–Kier alpha value is -2.03. The van der Waals surface area contributed by atoms with E-state index in [4.69, 9.17) is 19.1 Å². The number of aromatic nitrogens is 3. The second kappa shape index (κ2) is 8.01. The molecule has 0 unspecified atom stereocenters. The molecule has 0 spiro atoms. The number of ether oxygens (including phenoxy) is 1. The molecule has 0 radical (unpaired) electrons. The zero-order valence-electron chi connectivity index (χ0n) is 17.8. The Balaban J connectivity index is 1.60. The normalized spacial score (nSPS) is 15.9. The van der Waals surface area contributed by atoms with Crippen LogP contribution in [-0.4, -0.2) is 46.2 Å². The number of fused-ring (bicyclic) bond motifs is 1. The SMILES string of the molecule is Cc1sc2nc(CN3CCOCC3)nc(NCc3ncc(C(C)(C)C)o3)c2c1C. The molecule has 29 heavy (non-hydrogen) atoms. The molecule has 1 N–H and O–H groups in total. The van der Waals surface area contributed by atoms with Crippen molar-refractivity contribution in [3.63, 3.8) is 0 Å². The molecule has 1 aliphatic rings. The third-order valence-corrected chi connectivity index (χ3v) is 6.34. The van der Waals surface area contributed by atoms with Crippen LogP contribution in [-0.2, 0) is 23.2 Å². The van der Waals surface area contributed by atoms with E-state index >= 15 is 0 Å². The highest BCUT2D eigenvalue weighted by atomic mass is 32.1. The molecule has 1 saturated heterocycles. The van der Waals surface area contributed by atoms with Gasteiger partial charge in [-0.2, -0.15) is 0 Å². The third-order valence-electron chi connectivity index (χ3n) is 5.24. The number of rotatable bonds is 5. The van der Waals surface area contributed by atoms with Crippen LogP contribution in [0.25, 0.3) is 10.2 Å². The molecule has 1 fully saturated rings. The molecule has 4 rings (SSSR count). The summed E-state index contributed by atoms with van der Waals surface area (Å²) in [4.78, 5) is 18.8. The molecular weight excluding hydrogens is 386 g/mol. The van der Waals surface area contributed by atoms with Crippen molar-refractivity contribution < 1.29 is 9.15 Å². The van der Waals surface area contributed by atoms with Gasteiger partial charge in [-0.15, -0.1) is 11.3 Å². The van der Waals surface area contributed by atoms with Crippen LogP contribution in [0.5, 0.6) is 0 Å². The van der Waals surface area contributed by atoms with Gasteiger partial charge in [0.15, 0.2) is 0 Å². The first-order valence-electron chi connectivity index (χ1n) is 10.1. The lowest BCUT2D eigenvalue weighted by Gasteiger charge is -2.25. The van der Waals surface area contributed by atoms with Crippen molar-refractivity contribution in [1.82, 2.24) is 19.9 Å². The lowest BCUT2D eigenvalue weighted by Crippen LogP contribution is -2.36. The van der Waals surface area contributed by atoms with E-state index in [0.717, 1.165) is 60.5 Å². The van der Waals surface area contributed by atoms with E-state index in [0.29, 0.717) is 12.4 Å². The number of nitrogens with one attached hydrogen (secondary N) is 1. The van der Waals surface area contributed by atoms with E-state index in [2.05, 4.69) is 49.8 Å². The van der Waals surface area contributed by atoms with Gasteiger partial charge in [-0.05, 0) is 19.4 Å². The summed E-state index contributed by atoms with van der Waals surface area (Å²) in [5.74, 6) is 3.25. The van der Waals surface area contributed by atoms with Crippen LogP contribution in [0, 0.1) is 13.8 Å². The molecule has 1 aliphatic heterocycles. The number of oxazole rings is 1. The van der Waals surface area contributed by atoms with Crippen LogP contribution in [0.3, 0.4) is 0 Å². The summed E-state index contributed by atoms with van der Waals surface area (Å²) in [5.41, 5.74) is 1.17. The summed E-state index contributed by atoms with van der Waals surface area (Å²) in [6.07, 6.45) is 1.82. The maximum Gasteiger partial charge on any atom is 0.213 e. The molecule has 7 nitrogen and oxygen atoms in total. The van der Waals surface area contributed by atoms with Gasteiger partial charge in [0.25, 0.3) is 0 Å². The zero-order valence-corrected chi connectivity index (χ0v) is 18.7. The minimum absolute atomic E-state index is 0.0557. The lowest BCUT2D eigenvalue weighted by molar-refractivity contribution is 0.0331. The number of morpholine rings is 1. The van der Waals surface area contributed by atoms with E-state index in [9.17, 15) is 0 Å². The van der Waals surface area contributed by atoms with Crippen LogP contribution in [0.2, 0.25) is 0 Å². The lowest BCUT2D eigenvalue weighted by atomic mass is 9.94. The average Bonchev–Trinajstić information content (AvgIpc) is 3.26. The minimum atomic E-state index is -0.0557. The molecule has 0 amide bonds. The fraction of sp³-hybridized carbons (Fsp3) is 0.571. The van der Waals surface area contributed by atoms with Crippen molar-refractivity contribution >= 4 is 27.4 Å². The van der Waals surface area contributed by atoms with E-state index in [1.54, 1.807) is 11.3 Å². The highest BCUT2D eigenvalue weighted by molar-refractivity contribution is 7.18. The number of hydrogen-bond donors (Lipinski definition) is 1. The fourth-order valence-electron chi connectivity index (χ4n) is 3.35. The minimum Gasteiger partial charge on any atom is -0.443 e. The van der Waals surface area contributed by atoms with Crippen LogP contribution < -0.4 is 5.32 Å². The summed E-state index contributed by atoms with van der Waals surface area (Å²) in [5, 5.41) is 4.55. The van der Waals surface area contributed by atoms with E-state index in [1.165, 1.54) is 10.4 Å². The number of nitrogens with zero attached hydrogens (tertiary/aromatic N) is 4. The van der Waals surface area contributed by atoms with Gasteiger partial charge in [-0.3, -0.25) is 4.90 Å². The van der Waals surface area contributed by atoms with Crippen LogP contribution in [0.15, 0.2) is 10.6 Å². The average molecular weight is 416 g/mol. The highest BCUT2D eigenvalue weighted by Crippen LogP contribution is 2.34. The Morgan fingerprint density at radius 1 is 1.17 bits per heavy atom. The number of hydrogen-bond acceptors (Lipinski definition) is 8. The van der Waals surface area contributed by atoms with Crippen LogP contribution in [0.1, 0.15) is 48.7 Å². The van der Waals surface area contributed by atoms with Gasteiger partial charge >= 0.3 is 0 Å². The highest BCUT2D eigenvalue weighted by Gasteiger charge is 2.20. The second-order valence-electron chi connectivity index (χ2n) is 8.56. The van der Waals surface area contributed by atoms with Crippen LogP contribution >= 0.6 is 11.3 Å². The van der Waals surface area contributed by atoms with Gasteiger partial charge in [0.05, 0.1) is 37.9 Å². The summed E-state index contributed by atoms with van der Waals surface area (Å²) >= 11 is 1.72. The molecule has 3 aromatic rings. The molecule has 0 aromatic carbocycles. The van der Waals surface area contributed by atoms with E-state index in [1.807, 2.05) is 6.20 Å². The van der Waals surface area contributed by atoms with Gasteiger partial charge in [0, 0.05) is 23.4 Å². The van der Waals surface area contributed by atoms with Crippen molar-refractivity contribution in [1.29, 1.82) is 0 Å². The second-order valence-corrected chi connectivity index (χ2v) is 9.77. The monoisotopic (exact) mass is 415 g/mol. The van der Waals surface area contributed by atoms with Crippen molar-refractivity contribution in [2.75, 3.05) is 31.6 Å². The van der Waals surface area contributed by atoms with Gasteiger partial charge in [-0.1, -0.05) is 20.8 Å². The molecule has 0 aliphatic carbocycles. The molecule has 3 aromatic heterocycles. The standard InChI is InChI=1S/C21H29N5O2S/c1-13-14(2)29-20-18(13)19(23-11-17-22-10-15(28-17)21(3,4)5)24-16(25-20)12-26-6-8-27-9-7-26/h10H,6-9,11-12H2,1-5H3,(H,23,24,25). The fourth-order valence-corrected chi connectivity index (χ4v) is 4.40. The smallest absolute Gasteiger partial charge is 0.213 e. The van der Waals surface area contributed by atoms with Crippen molar-refractivity contribution in [3.05, 3.63) is 34.1 Å². The first-order chi connectivity index (χ1) is 13.8. The molecular formula is C21H29N5O2S. The van der Waals surface area contributed by atoms with Gasteiger partial charge < -0.3 is 14.5 Å². The Morgan fingerprint density at radius 3 is 2.62 bits per heavy atom. The Kier molecular flexibility index (Phi) is 5.59. The summed E-state index contributed by atoms with van der Waals surface area (Å²) in [6.45, 7) is 15.2. The van der Waals surface area contributed by atoms with E-state index < -0.39 is 0 Å². The Labute approximate surface area is 175 Å². The number of thiophene rings is 1. The summed E-state index contributed by atoms with van der Waals surface area (Å²) in [6, 6.07) is 0. The van der Waals surface area contributed by atoms with Gasteiger partial charge in [0.2, 0.25) is 5.89 Å². The molecule has 4 heterocycles. The predicted octanol–water partition coefficient (Wildman–Crippen LogP) is 4.04. The molecule has 0 bridgehead atoms. The number of aryl methyl sites for hydroxylation is 2. The summed E-state index contributed by atoms with van der Waals surface area (Å²) < 4.78 is 11.4. The topological polar surface area (TPSA) is 76.3 Å². The van der Waals surface area contributed by atoms with Crippen molar-refractivity contribution in [2.24, 2.45) is 0 Å². The first-order valence-corrected chi connectivity index (χ1v) is 10.9. The maximum absolute atomic E-state index is 5.93. The van der Waals surface area contributed by atoms with Gasteiger partial charge in [0.1, 0.15) is 22.2 Å². The molecule has 0 atom stereocenters. The first kappa shape index (κ1) is 20.3. The number of anilines is 1. The zero-order chi connectivity index (χ0) is 20.6. The maximum atomic E-state index is 5.93. The van der Waals surface area contributed by atoms with Gasteiger partial charge in [-0.25, -0.2) is 15.0 Å².